The van der Waals surface area contributed by atoms with Gasteiger partial charge in [-0.1, -0.05) is 11.6 Å². The van der Waals surface area contributed by atoms with Crippen LogP contribution in [0, 0.1) is 11.3 Å². The fourth-order valence-corrected chi connectivity index (χ4v) is 2.37. The molecule has 0 spiro atoms. The van der Waals surface area contributed by atoms with Gasteiger partial charge in [-0.15, -0.1) is 15.3 Å². The molecule has 7 nitrogen and oxygen atoms in total. The van der Waals surface area contributed by atoms with Crippen LogP contribution in [0.5, 0.6) is 0 Å². The first-order valence-electron chi connectivity index (χ1n) is 6.24. The Morgan fingerprint density at radius 1 is 1.25 bits per heavy atom. The molecule has 102 valence electrons. The zero-order valence-corrected chi connectivity index (χ0v) is 11.4. The fourth-order valence-electron chi connectivity index (χ4n) is 2.27. The number of anilines is 2. The van der Waals surface area contributed by atoms with Crippen LogP contribution < -0.4 is 10.6 Å². The van der Waals surface area contributed by atoms with Crippen molar-refractivity contribution in [3.63, 3.8) is 0 Å². The summed E-state index contributed by atoms with van der Waals surface area (Å²) in [5, 5.41) is 21.7. The normalized spacial score (nSPS) is 14.5. The SMILES string of the molecule is N#Cc1c(N2CCCC2)nn(-c2ccc(Cl)nn2)c1N. The Labute approximate surface area is 120 Å². The van der Waals surface area contributed by atoms with E-state index in [1.807, 2.05) is 0 Å². The second-order valence-corrected chi connectivity index (χ2v) is 4.90. The minimum absolute atomic E-state index is 0.269. The molecule has 0 unspecified atom stereocenters. The van der Waals surface area contributed by atoms with E-state index in [4.69, 9.17) is 17.3 Å². The Kier molecular flexibility index (Phi) is 3.16. The summed E-state index contributed by atoms with van der Waals surface area (Å²) < 4.78 is 1.43. The monoisotopic (exact) mass is 289 g/mol. The molecule has 2 aromatic rings. The molecule has 2 aromatic heterocycles. The van der Waals surface area contributed by atoms with Gasteiger partial charge in [-0.3, -0.25) is 0 Å². The molecule has 0 aromatic carbocycles. The molecule has 1 saturated heterocycles. The van der Waals surface area contributed by atoms with Crippen molar-refractivity contribution in [1.29, 1.82) is 5.26 Å². The van der Waals surface area contributed by atoms with Crippen molar-refractivity contribution in [3.8, 4) is 11.9 Å². The summed E-state index contributed by atoms with van der Waals surface area (Å²) >= 11 is 5.71. The molecular weight excluding hydrogens is 278 g/mol. The molecule has 0 atom stereocenters. The van der Waals surface area contributed by atoms with Gasteiger partial charge in [-0.05, 0) is 25.0 Å². The molecule has 0 aliphatic carbocycles. The van der Waals surface area contributed by atoms with Gasteiger partial charge in [0.05, 0.1) is 0 Å². The molecule has 3 rings (SSSR count). The van der Waals surface area contributed by atoms with Crippen molar-refractivity contribution in [2.45, 2.75) is 12.8 Å². The average molecular weight is 290 g/mol. The first-order chi connectivity index (χ1) is 9.70. The average Bonchev–Trinajstić information content (AvgIpc) is 3.07. The molecule has 0 bridgehead atoms. The molecule has 3 heterocycles. The minimum Gasteiger partial charge on any atom is -0.382 e. The number of nitrogen functional groups attached to an aromatic ring is 1. The van der Waals surface area contributed by atoms with Crippen molar-refractivity contribution in [2.24, 2.45) is 0 Å². The van der Waals surface area contributed by atoms with Gasteiger partial charge in [0.2, 0.25) is 0 Å². The standard InChI is InChI=1S/C12H12ClN7/c13-9-3-4-10(17-16-9)20-11(15)8(7-14)12(18-20)19-5-1-2-6-19/h3-4H,1-2,5-6,15H2. The third kappa shape index (κ3) is 2.04. The van der Waals surface area contributed by atoms with Gasteiger partial charge in [-0.25, -0.2) is 0 Å². The fraction of sp³-hybridized carbons (Fsp3) is 0.333. The van der Waals surface area contributed by atoms with Crippen LogP contribution in [0.2, 0.25) is 5.15 Å². The molecule has 20 heavy (non-hydrogen) atoms. The van der Waals surface area contributed by atoms with Crippen LogP contribution in [0.1, 0.15) is 18.4 Å². The highest BCUT2D eigenvalue weighted by Crippen LogP contribution is 2.28. The van der Waals surface area contributed by atoms with Crippen molar-refractivity contribution in [1.82, 2.24) is 20.0 Å². The summed E-state index contributed by atoms with van der Waals surface area (Å²) in [4.78, 5) is 2.06. The number of rotatable bonds is 2. The van der Waals surface area contributed by atoms with Gasteiger partial charge in [0, 0.05) is 13.1 Å². The van der Waals surface area contributed by atoms with Crippen molar-refractivity contribution in [2.75, 3.05) is 23.7 Å². The van der Waals surface area contributed by atoms with Crippen molar-refractivity contribution < 1.29 is 0 Å². The van der Waals surface area contributed by atoms with E-state index in [-0.39, 0.29) is 5.82 Å². The van der Waals surface area contributed by atoms with E-state index >= 15 is 0 Å². The lowest BCUT2D eigenvalue weighted by molar-refractivity contribution is 0.805. The second-order valence-electron chi connectivity index (χ2n) is 4.52. The van der Waals surface area contributed by atoms with E-state index in [0.29, 0.717) is 22.4 Å². The summed E-state index contributed by atoms with van der Waals surface area (Å²) in [7, 11) is 0. The second kappa shape index (κ2) is 4.98. The Balaban J connectivity index is 2.08. The van der Waals surface area contributed by atoms with Crippen LogP contribution in [-0.2, 0) is 0 Å². The van der Waals surface area contributed by atoms with E-state index < -0.39 is 0 Å². The van der Waals surface area contributed by atoms with E-state index in [1.165, 1.54) is 4.68 Å². The van der Waals surface area contributed by atoms with E-state index in [9.17, 15) is 5.26 Å². The zero-order chi connectivity index (χ0) is 14.1. The quantitative estimate of drug-likeness (QED) is 0.897. The summed E-state index contributed by atoms with van der Waals surface area (Å²) in [6.45, 7) is 1.77. The molecule has 1 aliphatic heterocycles. The van der Waals surface area contributed by atoms with Gasteiger partial charge >= 0.3 is 0 Å². The van der Waals surface area contributed by atoms with E-state index in [1.54, 1.807) is 12.1 Å². The van der Waals surface area contributed by atoms with Crippen LogP contribution in [0.4, 0.5) is 11.6 Å². The number of nitrogens with zero attached hydrogens (tertiary/aromatic N) is 6. The summed E-state index contributed by atoms with van der Waals surface area (Å²) in [6, 6.07) is 5.38. The first-order valence-corrected chi connectivity index (χ1v) is 6.61. The Hall–Kier alpha value is -2.33. The van der Waals surface area contributed by atoms with Crippen LogP contribution in [0.3, 0.4) is 0 Å². The maximum absolute atomic E-state index is 9.30. The highest BCUT2D eigenvalue weighted by Gasteiger charge is 2.24. The molecule has 0 amide bonds. The van der Waals surface area contributed by atoms with Gasteiger partial charge in [0.1, 0.15) is 17.5 Å². The highest BCUT2D eigenvalue weighted by molar-refractivity contribution is 6.29. The molecule has 2 N–H and O–H groups in total. The van der Waals surface area contributed by atoms with E-state index in [2.05, 4.69) is 26.3 Å². The topological polar surface area (TPSA) is 96.6 Å². The van der Waals surface area contributed by atoms with Crippen LogP contribution >= 0.6 is 11.6 Å². The van der Waals surface area contributed by atoms with Gasteiger partial charge in [-0.2, -0.15) is 9.94 Å². The van der Waals surface area contributed by atoms with Crippen molar-refractivity contribution in [3.05, 3.63) is 22.8 Å². The maximum atomic E-state index is 9.30. The predicted octanol–water partition coefficient (Wildman–Crippen LogP) is 1.37. The zero-order valence-electron chi connectivity index (χ0n) is 10.6. The predicted molar refractivity (Wildman–Crippen MR) is 74.7 cm³/mol. The lowest BCUT2D eigenvalue weighted by atomic mass is 10.3. The molecule has 1 fully saturated rings. The summed E-state index contributed by atoms with van der Waals surface area (Å²) in [5.41, 5.74) is 6.38. The minimum atomic E-state index is 0.269. The molecule has 8 heteroatoms. The van der Waals surface area contributed by atoms with Gasteiger partial charge < -0.3 is 10.6 Å². The first kappa shape index (κ1) is 12.7. The largest absolute Gasteiger partial charge is 0.382 e. The lowest BCUT2D eigenvalue weighted by Crippen LogP contribution is -2.19. The number of nitrogens with two attached hydrogens (primary N) is 1. The van der Waals surface area contributed by atoms with Crippen LogP contribution in [-0.4, -0.2) is 33.1 Å². The number of halogens is 1. The van der Waals surface area contributed by atoms with Crippen LogP contribution in [0.15, 0.2) is 12.1 Å². The molecular formula is C12H12ClN7. The maximum Gasteiger partial charge on any atom is 0.178 e. The third-order valence-electron chi connectivity index (χ3n) is 3.25. The Bertz CT molecular complexity index is 664. The Morgan fingerprint density at radius 2 is 2.00 bits per heavy atom. The molecule has 0 radical (unpaired) electrons. The molecule has 0 saturated carbocycles. The highest BCUT2D eigenvalue weighted by atomic mass is 35.5. The van der Waals surface area contributed by atoms with Crippen LogP contribution in [0.25, 0.3) is 5.82 Å². The number of nitriles is 1. The van der Waals surface area contributed by atoms with Crippen molar-refractivity contribution >= 4 is 23.2 Å². The van der Waals surface area contributed by atoms with Gasteiger partial charge in [0.15, 0.2) is 16.8 Å². The number of hydrogen-bond acceptors (Lipinski definition) is 6. The third-order valence-corrected chi connectivity index (χ3v) is 3.46. The summed E-state index contributed by atoms with van der Waals surface area (Å²) in [6.07, 6.45) is 2.19. The molecule has 1 aliphatic rings. The summed E-state index contributed by atoms with van der Waals surface area (Å²) in [5.74, 6) is 1.32. The Morgan fingerprint density at radius 3 is 2.60 bits per heavy atom. The lowest BCUT2D eigenvalue weighted by Gasteiger charge is -2.13. The smallest absolute Gasteiger partial charge is 0.178 e. The van der Waals surface area contributed by atoms with E-state index in [0.717, 1.165) is 25.9 Å². The number of aromatic nitrogens is 4. The number of hydrogen-bond donors (Lipinski definition) is 1. The van der Waals surface area contributed by atoms with Gasteiger partial charge in [0.25, 0.3) is 0 Å².